The Morgan fingerprint density at radius 2 is 2.03 bits per heavy atom. The number of hydrogen-bond donors (Lipinski definition) is 2. The average Bonchev–Trinajstić information content (AvgIpc) is 3.51. The Balaban J connectivity index is 1.54. The highest BCUT2D eigenvalue weighted by Crippen LogP contribution is 2.29. The highest BCUT2D eigenvalue weighted by molar-refractivity contribution is 7.08. The first kappa shape index (κ1) is 19.1. The number of fused-ring (bicyclic) bond motifs is 1. The monoisotopic (exact) mass is 424 g/mol. The lowest BCUT2D eigenvalue weighted by atomic mass is 10.1. The van der Waals surface area contributed by atoms with Crippen LogP contribution in [0.15, 0.2) is 53.8 Å². The van der Waals surface area contributed by atoms with Gasteiger partial charge < -0.3 is 4.98 Å². The van der Waals surface area contributed by atoms with Crippen LogP contribution in [0, 0.1) is 6.92 Å². The van der Waals surface area contributed by atoms with Crippen molar-refractivity contribution in [2.45, 2.75) is 13.8 Å². The van der Waals surface area contributed by atoms with Crippen molar-refractivity contribution < 1.29 is 0 Å². The molecule has 6 nitrogen and oxygen atoms in total. The maximum atomic E-state index is 4.81. The van der Waals surface area contributed by atoms with Gasteiger partial charge in [-0.25, -0.2) is 4.98 Å². The molecule has 0 aliphatic carbocycles. The summed E-state index contributed by atoms with van der Waals surface area (Å²) in [5.41, 5.74) is 7.88. The molecule has 0 aromatic carbocycles. The van der Waals surface area contributed by atoms with Crippen LogP contribution in [0.25, 0.3) is 51.9 Å². The van der Waals surface area contributed by atoms with Gasteiger partial charge in [0.25, 0.3) is 0 Å². The van der Waals surface area contributed by atoms with Crippen molar-refractivity contribution in [2.24, 2.45) is 0 Å². The average molecular weight is 425 g/mol. The second-order valence-electron chi connectivity index (χ2n) is 7.41. The van der Waals surface area contributed by atoms with Gasteiger partial charge in [-0.2, -0.15) is 16.4 Å². The number of rotatable bonds is 4. The lowest BCUT2D eigenvalue weighted by Crippen LogP contribution is -2.21. The van der Waals surface area contributed by atoms with Crippen LogP contribution in [-0.4, -0.2) is 30.1 Å². The summed E-state index contributed by atoms with van der Waals surface area (Å²) < 4.78 is 0. The van der Waals surface area contributed by atoms with Crippen LogP contribution in [0.1, 0.15) is 18.1 Å². The largest absolute Gasteiger partial charge is 0.335 e. The molecule has 0 radical (unpaired) electrons. The number of H-pyrrole nitrogens is 2. The lowest BCUT2D eigenvalue weighted by Gasteiger charge is -2.00. The van der Waals surface area contributed by atoms with E-state index >= 15 is 0 Å². The first-order valence-corrected chi connectivity index (χ1v) is 10.7. The molecule has 5 aromatic rings. The molecule has 5 heterocycles. The van der Waals surface area contributed by atoms with E-state index in [4.69, 9.17) is 4.98 Å². The number of nitrogens with one attached hydrogen (secondary N) is 2. The molecule has 152 valence electrons. The van der Waals surface area contributed by atoms with Gasteiger partial charge >= 0.3 is 0 Å². The number of thiophene rings is 1. The molecule has 0 fully saturated rings. The molecule has 0 saturated heterocycles. The van der Waals surface area contributed by atoms with Crippen LogP contribution in [0.2, 0.25) is 0 Å². The van der Waals surface area contributed by atoms with Crippen molar-refractivity contribution in [3.63, 3.8) is 0 Å². The Labute approximate surface area is 182 Å². The molecule has 5 aromatic heterocycles. The third-order valence-electron chi connectivity index (χ3n) is 5.18. The number of allylic oxidation sites excluding steroid dienone is 2. The minimum atomic E-state index is 0.670. The molecule has 7 heteroatoms. The predicted molar refractivity (Wildman–Crippen MR) is 127 cm³/mol. The van der Waals surface area contributed by atoms with Gasteiger partial charge in [0, 0.05) is 29.4 Å². The van der Waals surface area contributed by atoms with E-state index in [0.717, 1.165) is 49.4 Å². The maximum absolute atomic E-state index is 4.81. The summed E-state index contributed by atoms with van der Waals surface area (Å²) in [5, 5.41) is 13.3. The van der Waals surface area contributed by atoms with Crippen molar-refractivity contribution in [2.75, 3.05) is 0 Å². The van der Waals surface area contributed by atoms with Gasteiger partial charge in [-0.1, -0.05) is 12.7 Å². The normalized spacial score (nSPS) is 12.7. The Bertz CT molecular complexity index is 1520. The SMILES string of the molecule is C=c1c(-c2nc3c(-c4ccsc4)cncc3[nH]2)n[nH]/c1=C/C=C(\C)c1cncc(C)c1. The molecule has 0 aliphatic heterocycles. The molecule has 0 spiro atoms. The number of imidazole rings is 1. The molecule has 0 bridgehead atoms. The van der Waals surface area contributed by atoms with Crippen molar-refractivity contribution in [1.82, 2.24) is 30.1 Å². The lowest BCUT2D eigenvalue weighted by molar-refractivity contribution is 1.06. The minimum Gasteiger partial charge on any atom is -0.335 e. The Kier molecular flexibility index (Phi) is 4.80. The van der Waals surface area contributed by atoms with E-state index in [9.17, 15) is 0 Å². The van der Waals surface area contributed by atoms with Gasteiger partial charge in [0.05, 0.1) is 17.1 Å². The number of nitrogens with zero attached hydrogens (tertiary/aromatic N) is 4. The number of aromatic amines is 2. The smallest absolute Gasteiger partial charge is 0.159 e. The molecule has 0 unspecified atom stereocenters. The second-order valence-corrected chi connectivity index (χ2v) is 8.19. The molecule has 31 heavy (non-hydrogen) atoms. The van der Waals surface area contributed by atoms with Crippen LogP contribution in [0.3, 0.4) is 0 Å². The fourth-order valence-electron chi connectivity index (χ4n) is 3.46. The van der Waals surface area contributed by atoms with E-state index in [2.05, 4.69) is 56.2 Å². The molecule has 0 aliphatic rings. The van der Waals surface area contributed by atoms with E-state index in [-0.39, 0.29) is 0 Å². The Morgan fingerprint density at radius 1 is 1.16 bits per heavy atom. The topological polar surface area (TPSA) is 83.1 Å². The van der Waals surface area contributed by atoms with E-state index < -0.39 is 0 Å². The summed E-state index contributed by atoms with van der Waals surface area (Å²) in [6.45, 7) is 8.32. The first-order chi connectivity index (χ1) is 15.1. The van der Waals surface area contributed by atoms with E-state index in [1.807, 2.05) is 43.0 Å². The summed E-state index contributed by atoms with van der Waals surface area (Å²) >= 11 is 1.65. The van der Waals surface area contributed by atoms with Gasteiger partial charge in [-0.3, -0.25) is 15.1 Å². The zero-order chi connectivity index (χ0) is 21.4. The minimum absolute atomic E-state index is 0.670. The van der Waals surface area contributed by atoms with E-state index in [1.54, 1.807) is 17.5 Å². The summed E-state index contributed by atoms with van der Waals surface area (Å²) in [4.78, 5) is 16.8. The number of hydrogen-bond acceptors (Lipinski definition) is 5. The van der Waals surface area contributed by atoms with Gasteiger partial charge in [-0.15, -0.1) is 0 Å². The molecule has 2 N–H and O–H groups in total. The summed E-state index contributed by atoms with van der Waals surface area (Å²) in [6, 6.07) is 4.19. The summed E-state index contributed by atoms with van der Waals surface area (Å²) in [6.07, 6.45) is 11.4. The zero-order valence-corrected chi connectivity index (χ0v) is 18.0. The second kappa shape index (κ2) is 7.77. The van der Waals surface area contributed by atoms with Gasteiger partial charge in [-0.05, 0) is 65.1 Å². The first-order valence-electron chi connectivity index (χ1n) is 9.81. The highest BCUT2D eigenvalue weighted by Gasteiger charge is 2.13. The van der Waals surface area contributed by atoms with Crippen molar-refractivity contribution in [3.8, 4) is 22.6 Å². The molecule has 0 amide bonds. The molecule has 0 saturated carbocycles. The number of aryl methyl sites for hydroxylation is 1. The summed E-state index contributed by atoms with van der Waals surface area (Å²) in [5.74, 6) is 0.670. The van der Waals surface area contributed by atoms with E-state index in [1.165, 1.54) is 0 Å². The molecular weight excluding hydrogens is 404 g/mol. The van der Waals surface area contributed by atoms with Crippen LogP contribution in [0.5, 0.6) is 0 Å². The van der Waals surface area contributed by atoms with Gasteiger partial charge in [0.15, 0.2) is 5.82 Å². The predicted octanol–water partition coefficient (Wildman–Crippen LogP) is 4.07. The van der Waals surface area contributed by atoms with Crippen LogP contribution in [-0.2, 0) is 0 Å². The van der Waals surface area contributed by atoms with Crippen LogP contribution in [0.4, 0.5) is 0 Å². The third kappa shape index (κ3) is 3.60. The van der Waals surface area contributed by atoms with Gasteiger partial charge in [0.1, 0.15) is 11.2 Å². The fraction of sp³-hybridized carbons (Fsp3) is 0.0833. The maximum Gasteiger partial charge on any atom is 0.159 e. The third-order valence-corrected chi connectivity index (χ3v) is 5.86. The van der Waals surface area contributed by atoms with Crippen molar-refractivity contribution in [3.05, 3.63) is 75.5 Å². The van der Waals surface area contributed by atoms with Crippen LogP contribution < -0.4 is 10.6 Å². The molecular formula is C24H20N6S. The molecule has 0 atom stereocenters. The zero-order valence-electron chi connectivity index (χ0n) is 17.2. The van der Waals surface area contributed by atoms with Crippen LogP contribution >= 0.6 is 11.3 Å². The fourth-order valence-corrected chi connectivity index (χ4v) is 4.12. The Morgan fingerprint density at radius 3 is 2.84 bits per heavy atom. The number of pyridine rings is 2. The number of aromatic nitrogens is 6. The quantitative estimate of drug-likeness (QED) is 0.455. The standard InChI is InChI=1S/C24H20N6S/c1-14-8-18(10-25-9-14)15(2)4-5-20-16(3)22(30-29-20)24-27-21-12-26-11-19(23(21)28-24)17-6-7-31-13-17/h4-13,29H,3H2,1-2H3,(H,27,28)/b15-4+,20-5+. The van der Waals surface area contributed by atoms with Gasteiger partial charge in [0.2, 0.25) is 0 Å². The highest BCUT2D eigenvalue weighted by atomic mass is 32.1. The van der Waals surface area contributed by atoms with Crippen molar-refractivity contribution in [1.29, 1.82) is 0 Å². The van der Waals surface area contributed by atoms with Crippen molar-refractivity contribution >= 4 is 40.6 Å². The van der Waals surface area contributed by atoms with E-state index in [0.29, 0.717) is 11.5 Å². The molecule has 5 rings (SSSR count). The summed E-state index contributed by atoms with van der Waals surface area (Å²) in [7, 11) is 0. The Hall–Kier alpha value is -3.84.